The average molecular weight is 463 g/mol. The van der Waals surface area contributed by atoms with Crippen LogP contribution in [-0.2, 0) is 4.74 Å². The van der Waals surface area contributed by atoms with Crippen LogP contribution in [0.2, 0.25) is 5.02 Å². The van der Waals surface area contributed by atoms with E-state index in [0.717, 1.165) is 21.4 Å². The number of carbonyl (C=O) groups excluding carboxylic acids is 1. The van der Waals surface area contributed by atoms with Crippen LogP contribution in [-0.4, -0.2) is 21.9 Å². The molecule has 27 heavy (non-hydrogen) atoms. The van der Waals surface area contributed by atoms with E-state index in [2.05, 4.69) is 32.8 Å². The normalized spacial score (nSPS) is 11.1. The second-order valence-corrected chi connectivity index (χ2v) is 8.69. The van der Waals surface area contributed by atoms with Crippen molar-refractivity contribution in [2.24, 2.45) is 0 Å². The highest BCUT2D eigenvalue weighted by molar-refractivity contribution is 9.09. The lowest BCUT2D eigenvalue weighted by Gasteiger charge is -2.19. The summed E-state index contributed by atoms with van der Waals surface area (Å²) in [6.07, 6.45) is 1.70. The number of rotatable bonds is 2. The largest absolute Gasteiger partial charge is 0.456 e. The number of aromatic nitrogens is 1. The van der Waals surface area contributed by atoms with Crippen LogP contribution in [0.5, 0.6) is 0 Å². The predicted molar refractivity (Wildman–Crippen MR) is 116 cm³/mol. The van der Waals surface area contributed by atoms with E-state index in [9.17, 15) is 4.79 Å². The number of thiophene rings is 1. The van der Waals surface area contributed by atoms with Gasteiger partial charge < -0.3 is 4.74 Å². The van der Waals surface area contributed by atoms with Crippen LogP contribution >= 0.6 is 38.9 Å². The topological polar surface area (TPSA) is 39.2 Å². The minimum atomic E-state index is -0.561. The molecule has 0 radical (unpaired) electrons. The lowest BCUT2D eigenvalue weighted by molar-refractivity contribution is 0.00721. The van der Waals surface area contributed by atoms with Crippen molar-refractivity contribution in [1.29, 1.82) is 0 Å². The molecule has 0 aliphatic rings. The quantitative estimate of drug-likeness (QED) is 0.254. The third-order valence-electron chi connectivity index (χ3n) is 3.63. The number of esters is 1. The van der Waals surface area contributed by atoms with Crippen molar-refractivity contribution in [3.05, 3.63) is 52.0 Å². The Kier molecular flexibility index (Phi) is 5.90. The standard InChI is InChI=1S/C21H17BrClNO2S/c1-21(2,3)26-20(25)17-12-27-19-15(8-10-24-18(17)19)16-11-14(23)7-6-13(16)5-4-9-22/h6-8,10-12H,9H2,1-3H3. The summed E-state index contributed by atoms with van der Waals surface area (Å²) in [5.41, 5.74) is 3.28. The summed E-state index contributed by atoms with van der Waals surface area (Å²) in [6, 6.07) is 7.54. The van der Waals surface area contributed by atoms with Crippen molar-refractivity contribution < 1.29 is 9.53 Å². The summed E-state index contributed by atoms with van der Waals surface area (Å²) in [4.78, 5) is 17.0. The number of alkyl halides is 1. The molecule has 0 spiro atoms. The van der Waals surface area contributed by atoms with Gasteiger partial charge in [0.15, 0.2) is 0 Å². The van der Waals surface area contributed by atoms with Crippen LogP contribution < -0.4 is 0 Å². The minimum absolute atomic E-state index is 0.371. The molecule has 0 bridgehead atoms. The summed E-state index contributed by atoms with van der Waals surface area (Å²) in [5.74, 6) is 5.81. The highest BCUT2D eigenvalue weighted by atomic mass is 79.9. The Bertz CT molecular complexity index is 1070. The van der Waals surface area contributed by atoms with E-state index in [0.29, 0.717) is 21.4 Å². The number of halogens is 2. The van der Waals surface area contributed by atoms with Crippen LogP contribution in [0.3, 0.4) is 0 Å². The van der Waals surface area contributed by atoms with Gasteiger partial charge in [-0.2, -0.15) is 0 Å². The van der Waals surface area contributed by atoms with Gasteiger partial charge >= 0.3 is 5.97 Å². The average Bonchev–Trinajstić information content (AvgIpc) is 3.03. The fourth-order valence-corrected chi connectivity index (χ4v) is 3.94. The molecule has 0 N–H and O–H groups in total. The maximum atomic E-state index is 12.5. The number of hydrogen-bond donors (Lipinski definition) is 0. The number of fused-ring (bicyclic) bond motifs is 1. The van der Waals surface area contributed by atoms with E-state index in [1.54, 1.807) is 11.6 Å². The van der Waals surface area contributed by atoms with E-state index in [1.807, 2.05) is 45.0 Å². The van der Waals surface area contributed by atoms with Gasteiger partial charge in [0.1, 0.15) is 5.60 Å². The van der Waals surface area contributed by atoms with Gasteiger partial charge in [0.25, 0.3) is 0 Å². The molecule has 3 nitrogen and oxygen atoms in total. The summed E-state index contributed by atoms with van der Waals surface area (Å²) >= 11 is 11.0. The fourth-order valence-electron chi connectivity index (χ4n) is 2.60. The SMILES string of the molecule is CC(C)(C)OC(=O)c1csc2c(-c3cc(Cl)ccc3C#CCBr)ccnc12. The van der Waals surface area contributed by atoms with Crippen LogP contribution in [0, 0.1) is 11.8 Å². The first-order chi connectivity index (χ1) is 12.8. The summed E-state index contributed by atoms with van der Waals surface area (Å²) in [7, 11) is 0. The van der Waals surface area contributed by atoms with Gasteiger partial charge in [-0.05, 0) is 45.0 Å². The molecule has 1 aromatic carbocycles. The second kappa shape index (κ2) is 8.02. The predicted octanol–water partition coefficient (Wildman–Crippen LogP) is 6.32. The summed E-state index contributed by atoms with van der Waals surface area (Å²) < 4.78 is 6.42. The van der Waals surface area contributed by atoms with E-state index < -0.39 is 5.60 Å². The second-order valence-electron chi connectivity index (χ2n) is 6.81. The Morgan fingerprint density at radius 3 is 2.78 bits per heavy atom. The number of hydrogen-bond acceptors (Lipinski definition) is 4. The molecule has 2 heterocycles. The van der Waals surface area contributed by atoms with Gasteiger partial charge in [0.05, 0.1) is 21.1 Å². The highest BCUT2D eigenvalue weighted by Crippen LogP contribution is 2.37. The molecule has 138 valence electrons. The number of nitrogens with zero attached hydrogens (tertiary/aromatic N) is 1. The molecule has 0 saturated carbocycles. The first-order valence-electron chi connectivity index (χ1n) is 8.24. The van der Waals surface area contributed by atoms with Crippen LogP contribution in [0.4, 0.5) is 0 Å². The van der Waals surface area contributed by atoms with Crippen LogP contribution in [0.25, 0.3) is 21.3 Å². The maximum absolute atomic E-state index is 12.5. The van der Waals surface area contributed by atoms with Crippen molar-refractivity contribution in [2.75, 3.05) is 5.33 Å². The first kappa shape index (κ1) is 19.9. The van der Waals surface area contributed by atoms with Gasteiger partial charge in [-0.1, -0.05) is 39.4 Å². The molecule has 0 aliphatic heterocycles. The zero-order valence-corrected chi connectivity index (χ0v) is 18.3. The van der Waals surface area contributed by atoms with E-state index in [1.165, 1.54) is 11.3 Å². The molecule has 0 aliphatic carbocycles. The van der Waals surface area contributed by atoms with Gasteiger partial charge in [0.2, 0.25) is 0 Å². The van der Waals surface area contributed by atoms with Crippen LogP contribution in [0.15, 0.2) is 35.8 Å². The van der Waals surface area contributed by atoms with E-state index in [-0.39, 0.29) is 5.97 Å². The summed E-state index contributed by atoms with van der Waals surface area (Å²) in [5, 5.41) is 3.01. The number of pyridine rings is 1. The number of benzene rings is 1. The Morgan fingerprint density at radius 2 is 2.07 bits per heavy atom. The molecule has 0 fully saturated rings. The van der Waals surface area contributed by atoms with Crippen molar-refractivity contribution in [2.45, 2.75) is 26.4 Å². The third-order valence-corrected chi connectivity index (χ3v) is 5.15. The molecule has 3 rings (SSSR count). The van der Waals surface area contributed by atoms with Gasteiger partial charge in [-0.3, -0.25) is 4.98 Å². The monoisotopic (exact) mass is 461 g/mol. The summed E-state index contributed by atoms with van der Waals surface area (Å²) in [6.45, 7) is 5.54. The minimum Gasteiger partial charge on any atom is -0.456 e. The first-order valence-corrected chi connectivity index (χ1v) is 10.6. The van der Waals surface area contributed by atoms with Gasteiger partial charge in [-0.15, -0.1) is 11.3 Å². The molecule has 0 saturated heterocycles. The number of carbonyl (C=O) groups is 1. The van der Waals surface area contributed by atoms with E-state index >= 15 is 0 Å². The molecule has 0 unspecified atom stereocenters. The molecular formula is C21H17BrClNO2S. The van der Waals surface area contributed by atoms with Crippen molar-refractivity contribution >= 4 is 55.1 Å². The van der Waals surface area contributed by atoms with Gasteiger partial charge in [-0.25, -0.2) is 4.79 Å². The smallest absolute Gasteiger partial charge is 0.341 e. The molecule has 3 aromatic rings. The molecule has 6 heteroatoms. The lowest BCUT2D eigenvalue weighted by Crippen LogP contribution is -2.23. The Balaban J connectivity index is 2.16. The molecule has 2 aromatic heterocycles. The maximum Gasteiger partial charge on any atom is 0.341 e. The zero-order valence-electron chi connectivity index (χ0n) is 15.1. The Labute approximate surface area is 175 Å². The highest BCUT2D eigenvalue weighted by Gasteiger charge is 2.22. The fraction of sp³-hybridized carbons (Fsp3) is 0.238. The van der Waals surface area contributed by atoms with Gasteiger partial charge in [0, 0.05) is 33.3 Å². The van der Waals surface area contributed by atoms with E-state index in [4.69, 9.17) is 16.3 Å². The van der Waals surface area contributed by atoms with Crippen molar-refractivity contribution in [3.8, 4) is 23.0 Å². The molecular weight excluding hydrogens is 446 g/mol. The number of ether oxygens (including phenoxy) is 1. The molecule has 0 amide bonds. The Hall–Kier alpha value is -1.87. The zero-order chi connectivity index (χ0) is 19.6. The van der Waals surface area contributed by atoms with Crippen molar-refractivity contribution in [3.63, 3.8) is 0 Å². The van der Waals surface area contributed by atoms with Crippen molar-refractivity contribution in [1.82, 2.24) is 4.98 Å². The van der Waals surface area contributed by atoms with Crippen LogP contribution in [0.1, 0.15) is 36.7 Å². The lowest BCUT2D eigenvalue weighted by atomic mass is 10.00. The third kappa shape index (κ3) is 4.52. The Morgan fingerprint density at radius 1 is 1.30 bits per heavy atom. The molecule has 0 atom stereocenters.